The lowest BCUT2D eigenvalue weighted by molar-refractivity contribution is 0.319. The highest BCUT2D eigenvalue weighted by Gasteiger charge is 2.13. The lowest BCUT2D eigenvalue weighted by Gasteiger charge is -2.05. The van der Waals surface area contributed by atoms with Crippen molar-refractivity contribution in [1.29, 1.82) is 0 Å². The predicted octanol–water partition coefficient (Wildman–Crippen LogP) is 5.03. The van der Waals surface area contributed by atoms with Crippen molar-refractivity contribution in [3.63, 3.8) is 0 Å². The predicted molar refractivity (Wildman–Crippen MR) is 86.4 cm³/mol. The number of ether oxygens (including phenoxy) is 1. The van der Waals surface area contributed by atoms with Gasteiger partial charge in [-0.05, 0) is 30.3 Å². The van der Waals surface area contributed by atoms with Crippen LogP contribution in [0.4, 0.5) is 0 Å². The highest BCUT2D eigenvalue weighted by molar-refractivity contribution is 8.00. The molecule has 0 spiro atoms. The lowest BCUT2D eigenvalue weighted by atomic mass is 10.2. The molecule has 3 nitrogen and oxygen atoms in total. The topological polar surface area (TPSA) is 41.8 Å². The third-order valence-corrected chi connectivity index (χ3v) is 5.03. The Morgan fingerprint density at radius 2 is 2.05 bits per heavy atom. The molecule has 1 aromatic heterocycles. The van der Waals surface area contributed by atoms with E-state index in [1.165, 1.54) is 11.3 Å². The maximum Gasteiger partial charge on any atom is 0.118 e. The van der Waals surface area contributed by atoms with Crippen molar-refractivity contribution < 1.29 is 9.94 Å². The van der Waals surface area contributed by atoms with Crippen LogP contribution in [-0.2, 0) is 0 Å². The molecule has 1 aromatic carbocycles. The molecule has 0 aliphatic rings. The molecule has 0 saturated heterocycles. The first-order valence-corrected chi connectivity index (χ1v) is 8.13. The molecule has 20 heavy (non-hydrogen) atoms. The summed E-state index contributed by atoms with van der Waals surface area (Å²) in [6.07, 6.45) is 0. The van der Waals surface area contributed by atoms with Gasteiger partial charge in [0, 0.05) is 16.2 Å². The number of thioether (sulfide) groups is 1. The van der Waals surface area contributed by atoms with E-state index in [0.717, 1.165) is 10.6 Å². The van der Waals surface area contributed by atoms with Gasteiger partial charge < -0.3 is 9.94 Å². The van der Waals surface area contributed by atoms with Gasteiger partial charge in [0.2, 0.25) is 0 Å². The molecular weight excluding hydrogens is 337 g/mol. The number of thiophene rings is 1. The zero-order chi connectivity index (χ0) is 14.5. The molecule has 7 heteroatoms. The van der Waals surface area contributed by atoms with Crippen LogP contribution in [0.1, 0.15) is 5.56 Å². The van der Waals surface area contributed by atoms with Crippen molar-refractivity contribution in [3.05, 3.63) is 44.6 Å². The molecule has 2 rings (SSSR count). The summed E-state index contributed by atoms with van der Waals surface area (Å²) in [7, 11) is 1.63. The van der Waals surface area contributed by atoms with Crippen LogP contribution >= 0.6 is 46.3 Å². The number of halogens is 2. The minimum Gasteiger partial charge on any atom is -0.497 e. The summed E-state index contributed by atoms with van der Waals surface area (Å²) in [5.41, 5.74) is 1.17. The molecule has 0 atom stereocenters. The van der Waals surface area contributed by atoms with E-state index in [4.69, 9.17) is 33.1 Å². The minimum atomic E-state index is 0.496. The highest BCUT2D eigenvalue weighted by atomic mass is 35.5. The van der Waals surface area contributed by atoms with Crippen LogP contribution in [0, 0.1) is 0 Å². The van der Waals surface area contributed by atoms with Crippen LogP contribution in [0.25, 0.3) is 0 Å². The van der Waals surface area contributed by atoms with Crippen LogP contribution in [0.2, 0.25) is 8.67 Å². The van der Waals surface area contributed by atoms with Gasteiger partial charge in [0.15, 0.2) is 0 Å². The lowest BCUT2D eigenvalue weighted by Crippen LogP contribution is -2.03. The molecule has 2 aromatic rings. The summed E-state index contributed by atoms with van der Waals surface area (Å²) in [4.78, 5) is 1.05. The van der Waals surface area contributed by atoms with E-state index in [0.29, 0.717) is 25.7 Å². The van der Waals surface area contributed by atoms with Gasteiger partial charge in [0.05, 0.1) is 17.2 Å². The maximum absolute atomic E-state index is 9.13. The molecule has 106 valence electrons. The Labute approximate surface area is 135 Å². The van der Waals surface area contributed by atoms with Gasteiger partial charge in [-0.15, -0.1) is 23.1 Å². The summed E-state index contributed by atoms with van der Waals surface area (Å²) in [6, 6.07) is 9.36. The Morgan fingerprint density at radius 1 is 1.35 bits per heavy atom. The van der Waals surface area contributed by atoms with Gasteiger partial charge >= 0.3 is 0 Å². The first-order valence-electron chi connectivity index (χ1n) is 5.57. The van der Waals surface area contributed by atoms with Gasteiger partial charge in [-0.3, -0.25) is 0 Å². The normalized spacial score (nSPS) is 11.7. The highest BCUT2D eigenvalue weighted by Crippen LogP contribution is 2.33. The molecule has 0 unspecified atom stereocenters. The third-order valence-electron chi connectivity index (χ3n) is 2.52. The number of oxime groups is 1. The van der Waals surface area contributed by atoms with Crippen molar-refractivity contribution in [2.24, 2.45) is 5.16 Å². The second-order valence-electron chi connectivity index (χ2n) is 3.75. The van der Waals surface area contributed by atoms with Gasteiger partial charge in [-0.25, -0.2) is 0 Å². The van der Waals surface area contributed by atoms with Crippen molar-refractivity contribution >= 4 is 52.0 Å². The average molecular weight is 348 g/mol. The van der Waals surface area contributed by atoms with E-state index < -0.39 is 0 Å². The molecule has 0 saturated carbocycles. The second kappa shape index (κ2) is 7.22. The SMILES string of the molecule is COc1ccc(SC/C(=N/O)c2cc(Cl)sc2Cl)cc1. The summed E-state index contributed by atoms with van der Waals surface area (Å²) in [5, 5.41) is 12.4. The minimum absolute atomic E-state index is 0.496. The Bertz CT molecular complexity index is 611. The van der Waals surface area contributed by atoms with Crippen molar-refractivity contribution in [2.45, 2.75) is 4.90 Å². The Morgan fingerprint density at radius 3 is 2.55 bits per heavy atom. The molecule has 0 radical (unpaired) electrons. The molecule has 1 heterocycles. The maximum atomic E-state index is 9.13. The van der Waals surface area contributed by atoms with E-state index in [2.05, 4.69) is 5.16 Å². The zero-order valence-corrected chi connectivity index (χ0v) is 13.6. The second-order valence-corrected chi connectivity index (χ2v) is 7.08. The van der Waals surface area contributed by atoms with Gasteiger partial charge in [0.1, 0.15) is 10.1 Å². The van der Waals surface area contributed by atoms with Crippen LogP contribution in [0.15, 0.2) is 40.4 Å². The average Bonchev–Trinajstić information content (AvgIpc) is 2.79. The molecule has 1 N–H and O–H groups in total. The van der Waals surface area contributed by atoms with E-state index in [1.807, 2.05) is 24.3 Å². The van der Waals surface area contributed by atoms with Crippen LogP contribution < -0.4 is 4.74 Å². The number of rotatable bonds is 5. The standard InChI is InChI=1S/C13H11Cl2NO2S2/c1-18-8-2-4-9(5-3-8)19-7-11(16-17)10-6-12(14)20-13(10)15/h2-6,17H,7H2,1H3/b16-11-. The van der Waals surface area contributed by atoms with Gasteiger partial charge in [-0.2, -0.15) is 0 Å². The van der Waals surface area contributed by atoms with Crippen molar-refractivity contribution in [3.8, 4) is 5.75 Å². The molecule has 0 amide bonds. The van der Waals surface area contributed by atoms with E-state index >= 15 is 0 Å². The smallest absolute Gasteiger partial charge is 0.118 e. The van der Waals surface area contributed by atoms with E-state index in [-0.39, 0.29) is 0 Å². The first kappa shape index (κ1) is 15.5. The summed E-state index contributed by atoms with van der Waals surface area (Å²) in [6.45, 7) is 0. The molecule has 0 bridgehead atoms. The fourth-order valence-electron chi connectivity index (χ4n) is 1.52. The molecular formula is C13H11Cl2NO2S2. The van der Waals surface area contributed by atoms with Crippen molar-refractivity contribution in [1.82, 2.24) is 0 Å². The fourth-order valence-corrected chi connectivity index (χ4v) is 3.87. The number of hydrogen-bond acceptors (Lipinski definition) is 5. The van der Waals surface area contributed by atoms with Crippen LogP contribution in [0.3, 0.4) is 0 Å². The Kier molecular flexibility index (Phi) is 5.60. The van der Waals surface area contributed by atoms with Crippen molar-refractivity contribution in [2.75, 3.05) is 12.9 Å². The fraction of sp³-hybridized carbons (Fsp3) is 0.154. The van der Waals surface area contributed by atoms with Crippen LogP contribution in [-0.4, -0.2) is 23.8 Å². The zero-order valence-electron chi connectivity index (χ0n) is 10.5. The number of hydrogen-bond donors (Lipinski definition) is 1. The number of methoxy groups -OCH3 is 1. The Hall–Kier alpha value is -0.880. The largest absolute Gasteiger partial charge is 0.497 e. The summed E-state index contributed by atoms with van der Waals surface area (Å²) in [5.74, 6) is 1.30. The van der Waals surface area contributed by atoms with Crippen LogP contribution in [0.5, 0.6) is 5.75 Å². The monoisotopic (exact) mass is 347 g/mol. The molecule has 0 fully saturated rings. The Balaban J connectivity index is 2.06. The van der Waals surface area contributed by atoms with Gasteiger partial charge in [0.25, 0.3) is 0 Å². The van der Waals surface area contributed by atoms with E-state index in [1.54, 1.807) is 24.9 Å². The van der Waals surface area contributed by atoms with E-state index in [9.17, 15) is 0 Å². The third kappa shape index (κ3) is 3.82. The first-order chi connectivity index (χ1) is 9.63. The number of nitrogens with zero attached hydrogens (tertiary/aromatic N) is 1. The molecule has 0 aliphatic carbocycles. The summed E-state index contributed by atoms with van der Waals surface area (Å²) >= 11 is 14.7. The summed E-state index contributed by atoms with van der Waals surface area (Å²) < 4.78 is 6.20. The molecule has 0 aliphatic heterocycles. The quantitative estimate of drug-likeness (QED) is 0.356. The van der Waals surface area contributed by atoms with Gasteiger partial charge in [-0.1, -0.05) is 28.4 Å². The number of benzene rings is 1.